The van der Waals surface area contributed by atoms with Gasteiger partial charge in [-0.15, -0.1) is 0 Å². The minimum atomic E-state index is -1.11. The number of nitrogens with one attached hydrogen (secondary N) is 1. The summed E-state index contributed by atoms with van der Waals surface area (Å²) in [6, 6.07) is 5.19. The van der Waals surface area contributed by atoms with E-state index >= 15 is 0 Å². The Labute approximate surface area is 102 Å². The van der Waals surface area contributed by atoms with Gasteiger partial charge in [0, 0.05) is 16.8 Å². The molecule has 2 nitrogen and oxygen atoms in total. The molecule has 84 valence electrons. The average Bonchev–Trinajstić information content (AvgIpc) is 2.21. The number of benzene rings is 1. The van der Waals surface area contributed by atoms with Crippen molar-refractivity contribution in [3.8, 4) is 0 Å². The van der Waals surface area contributed by atoms with E-state index in [-0.39, 0.29) is 6.04 Å². The van der Waals surface area contributed by atoms with E-state index < -0.39 is 10.8 Å². The fourth-order valence-corrected chi connectivity index (χ4v) is 3.01. The smallest absolute Gasteiger partial charge is 0.0589 e. The quantitative estimate of drug-likeness (QED) is 0.907. The van der Waals surface area contributed by atoms with Gasteiger partial charge in [0.2, 0.25) is 0 Å². The standard InChI is InChI=1S/C10H13Cl2NOS/c1-7(13-2)6-15(14)10-5-8(11)3-4-9(10)12/h3-5,7,13H,6H2,1-2H3. The fraction of sp³-hybridized carbons (Fsp3) is 0.400. The monoisotopic (exact) mass is 265 g/mol. The lowest BCUT2D eigenvalue weighted by molar-refractivity contribution is 0.646. The fourth-order valence-electron chi connectivity index (χ4n) is 1.05. The largest absolute Gasteiger partial charge is 0.316 e. The summed E-state index contributed by atoms with van der Waals surface area (Å²) in [7, 11) is 0.721. The number of rotatable bonds is 4. The summed E-state index contributed by atoms with van der Waals surface area (Å²) in [4.78, 5) is 0.603. The first-order valence-corrected chi connectivity index (χ1v) is 6.62. The molecule has 0 bridgehead atoms. The summed E-state index contributed by atoms with van der Waals surface area (Å²) < 4.78 is 11.9. The maximum Gasteiger partial charge on any atom is 0.0589 e. The molecule has 0 heterocycles. The molecule has 0 amide bonds. The summed E-state index contributed by atoms with van der Waals surface area (Å²) in [6.07, 6.45) is 0. The Hall–Kier alpha value is -0.0900. The Morgan fingerprint density at radius 2 is 2.13 bits per heavy atom. The molecule has 1 aromatic carbocycles. The Kier molecular flexibility index (Phi) is 5.06. The third-order valence-corrected chi connectivity index (χ3v) is 4.34. The van der Waals surface area contributed by atoms with Crippen LogP contribution in [0.2, 0.25) is 10.0 Å². The van der Waals surface area contributed by atoms with Gasteiger partial charge >= 0.3 is 0 Å². The summed E-state index contributed by atoms with van der Waals surface area (Å²) >= 11 is 11.8. The molecule has 0 fully saturated rings. The molecule has 0 saturated heterocycles. The van der Waals surface area contributed by atoms with Crippen LogP contribution >= 0.6 is 23.2 Å². The van der Waals surface area contributed by atoms with Gasteiger partial charge in [-0.25, -0.2) is 0 Å². The van der Waals surface area contributed by atoms with Gasteiger partial charge in [0.15, 0.2) is 0 Å². The number of hydrogen-bond acceptors (Lipinski definition) is 2. The summed E-state index contributed by atoms with van der Waals surface area (Å²) in [5, 5.41) is 4.09. The first-order valence-electron chi connectivity index (χ1n) is 4.55. The molecule has 1 aromatic rings. The lowest BCUT2D eigenvalue weighted by Crippen LogP contribution is -2.27. The molecule has 5 heteroatoms. The molecule has 2 atom stereocenters. The Morgan fingerprint density at radius 3 is 2.73 bits per heavy atom. The van der Waals surface area contributed by atoms with Crippen molar-refractivity contribution >= 4 is 34.0 Å². The number of halogens is 2. The van der Waals surface area contributed by atoms with E-state index in [1.807, 2.05) is 14.0 Å². The molecule has 1 N–H and O–H groups in total. The predicted octanol–water partition coefficient (Wildman–Crippen LogP) is 2.71. The second kappa shape index (κ2) is 5.85. The zero-order chi connectivity index (χ0) is 11.4. The maximum absolute atomic E-state index is 11.9. The van der Waals surface area contributed by atoms with Gasteiger partial charge < -0.3 is 5.32 Å². The molecule has 0 aliphatic heterocycles. The third kappa shape index (κ3) is 3.76. The first-order chi connectivity index (χ1) is 7.04. The molecule has 2 unspecified atom stereocenters. The van der Waals surface area contributed by atoms with Crippen LogP contribution in [0.1, 0.15) is 6.92 Å². The highest BCUT2D eigenvalue weighted by molar-refractivity contribution is 7.85. The van der Waals surface area contributed by atoms with E-state index in [1.54, 1.807) is 18.2 Å². The van der Waals surface area contributed by atoms with E-state index in [2.05, 4.69) is 5.32 Å². The van der Waals surface area contributed by atoms with Crippen molar-refractivity contribution in [3.05, 3.63) is 28.2 Å². The Bertz CT molecular complexity index is 370. The van der Waals surface area contributed by atoms with Crippen LogP contribution in [0.25, 0.3) is 0 Å². The van der Waals surface area contributed by atoms with Crippen LogP contribution in [-0.4, -0.2) is 23.1 Å². The molecule has 0 spiro atoms. The van der Waals surface area contributed by atoms with Crippen molar-refractivity contribution < 1.29 is 4.21 Å². The van der Waals surface area contributed by atoms with Crippen LogP contribution in [0.15, 0.2) is 23.1 Å². The Morgan fingerprint density at radius 1 is 1.47 bits per heavy atom. The zero-order valence-corrected chi connectivity index (χ0v) is 10.9. The van der Waals surface area contributed by atoms with Crippen molar-refractivity contribution in [1.82, 2.24) is 5.32 Å². The topological polar surface area (TPSA) is 29.1 Å². The SMILES string of the molecule is CNC(C)CS(=O)c1cc(Cl)ccc1Cl. The average molecular weight is 266 g/mol. The van der Waals surface area contributed by atoms with E-state index in [4.69, 9.17) is 23.2 Å². The molecule has 0 saturated carbocycles. The van der Waals surface area contributed by atoms with Crippen LogP contribution in [0.5, 0.6) is 0 Å². The van der Waals surface area contributed by atoms with Gasteiger partial charge in [0.1, 0.15) is 0 Å². The van der Waals surface area contributed by atoms with Crippen LogP contribution in [0, 0.1) is 0 Å². The van der Waals surface area contributed by atoms with Crippen LogP contribution < -0.4 is 5.32 Å². The minimum Gasteiger partial charge on any atom is -0.316 e. The summed E-state index contributed by atoms with van der Waals surface area (Å²) in [5.74, 6) is 0.524. The van der Waals surface area contributed by atoms with Crippen LogP contribution in [-0.2, 0) is 10.8 Å². The molecule has 0 aliphatic rings. The Balaban J connectivity index is 2.86. The van der Waals surface area contributed by atoms with Gasteiger partial charge in [-0.05, 0) is 32.2 Å². The van der Waals surface area contributed by atoms with Crippen LogP contribution in [0.3, 0.4) is 0 Å². The maximum atomic E-state index is 11.9. The van der Waals surface area contributed by atoms with Crippen LogP contribution in [0.4, 0.5) is 0 Å². The molecule has 0 aliphatic carbocycles. The molecular formula is C10H13Cl2NOS. The molecular weight excluding hydrogens is 253 g/mol. The minimum absolute atomic E-state index is 0.181. The second-order valence-electron chi connectivity index (χ2n) is 3.28. The molecule has 0 aromatic heterocycles. The van der Waals surface area contributed by atoms with E-state index in [0.717, 1.165) is 0 Å². The van der Waals surface area contributed by atoms with E-state index in [1.165, 1.54) is 0 Å². The highest BCUT2D eigenvalue weighted by Gasteiger charge is 2.12. The van der Waals surface area contributed by atoms with E-state index in [9.17, 15) is 4.21 Å². The number of hydrogen-bond donors (Lipinski definition) is 1. The molecule has 1 rings (SSSR count). The molecule has 0 radical (unpaired) electrons. The predicted molar refractivity (Wildman–Crippen MR) is 66.3 cm³/mol. The van der Waals surface area contributed by atoms with Gasteiger partial charge in [-0.1, -0.05) is 23.2 Å². The lowest BCUT2D eigenvalue weighted by atomic mass is 10.4. The van der Waals surface area contributed by atoms with Gasteiger partial charge in [-0.2, -0.15) is 0 Å². The third-order valence-electron chi connectivity index (χ3n) is 2.03. The van der Waals surface area contributed by atoms with Crippen molar-refractivity contribution in [2.45, 2.75) is 17.9 Å². The normalized spacial score (nSPS) is 14.9. The van der Waals surface area contributed by atoms with Gasteiger partial charge in [-0.3, -0.25) is 4.21 Å². The van der Waals surface area contributed by atoms with Crippen molar-refractivity contribution in [1.29, 1.82) is 0 Å². The zero-order valence-electron chi connectivity index (χ0n) is 8.59. The van der Waals surface area contributed by atoms with E-state index in [0.29, 0.717) is 20.7 Å². The molecule has 15 heavy (non-hydrogen) atoms. The van der Waals surface area contributed by atoms with Crippen molar-refractivity contribution in [3.63, 3.8) is 0 Å². The second-order valence-corrected chi connectivity index (χ2v) is 5.58. The van der Waals surface area contributed by atoms with Crippen molar-refractivity contribution in [2.75, 3.05) is 12.8 Å². The van der Waals surface area contributed by atoms with Gasteiger partial charge in [0.25, 0.3) is 0 Å². The lowest BCUT2D eigenvalue weighted by Gasteiger charge is -2.10. The highest BCUT2D eigenvalue weighted by Crippen LogP contribution is 2.24. The van der Waals surface area contributed by atoms with Gasteiger partial charge in [0.05, 0.1) is 20.7 Å². The first kappa shape index (κ1) is 13.0. The van der Waals surface area contributed by atoms with Crippen molar-refractivity contribution in [2.24, 2.45) is 0 Å². The summed E-state index contributed by atoms with van der Waals surface area (Å²) in [6.45, 7) is 1.97. The highest BCUT2D eigenvalue weighted by atomic mass is 35.5. The summed E-state index contributed by atoms with van der Waals surface area (Å²) in [5.41, 5.74) is 0.